The number of carbonyl (C=O) groups excluding carboxylic acids is 1. The molecule has 4 atom stereocenters. The van der Waals surface area contributed by atoms with Crippen molar-refractivity contribution in [1.29, 1.82) is 0 Å². The molecule has 0 bridgehead atoms. The molecule has 102 valence electrons. The smallest absolute Gasteiger partial charge is 0.224 e. The van der Waals surface area contributed by atoms with Gasteiger partial charge in [-0.2, -0.15) is 0 Å². The number of amides is 1. The molecule has 2 aliphatic rings. The third kappa shape index (κ3) is 2.48. The van der Waals surface area contributed by atoms with Gasteiger partial charge in [0, 0.05) is 23.6 Å². The van der Waals surface area contributed by atoms with Crippen molar-refractivity contribution in [3.8, 4) is 0 Å². The first-order valence-electron chi connectivity index (χ1n) is 6.56. The number of nitrogens with two attached hydrogens (primary N) is 1. The van der Waals surface area contributed by atoms with Gasteiger partial charge in [0.05, 0.1) is 18.6 Å². The van der Waals surface area contributed by atoms with Gasteiger partial charge in [-0.1, -0.05) is 23.7 Å². The minimum Gasteiger partial charge on any atom is -0.376 e. The van der Waals surface area contributed by atoms with E-state index in [9.17, 15) is 4.79 Å². The van der Waals surface area contributed by atoms with E-state index in [4.69, 9.17) is 22.1 Å². The molecule has 1 heterocycles. The zero-order chi connectivity index (χ0) is 13.4. The summed E-state index contributed by atoms with van der Waals surface area (Å²) in [7, 11) is 0. The number of carbonyl (C=O) groups is 1. The maximum absolute atomic E-state index is 12.0. The van der Waals surface area contributed by atoms with E-state index in [1.54, 1.807) is 12.1 Å². The number of nitrogens with one attached hydrogen (secondary N) is 1. The fourth-order valence-corrected chi connectivity index (χ4v) is 3.08. The van der Waals surface area contributed by atoms with E-state index in [-0.39, 0.29) is 24.1 Å². The van der Waals surface area contributed by atoms with Gasteiger partial charge in [-0.3, -0.25) is 4.79 Å². The molecule has 5 heteroatoms. The summed E-state index contributed by atoms with van der Waals surface area (Å²) in [5.74, 6) is 0.401. The van der Waals surface area contributed by atoms with E-state index in [1.807, 2.05) is 12.1 Å². The minimum atomic E-state index is -0.0349. The Labute approximate surface area is 117 Å². The van der Waals surface area contributed by atoms with Crippen LogP contribution in [0.4, 0.5) is 0 Å². The zero-order valence-electron chi connectivity index (χ0n) is 10.5. The van der Waals surface area contributed by atoms with Crippen LogP contribution in [0.25, 0.3) is 0 Å². The fourth-order valence-electron chi connectivity index (χ4n) is 2.95. The van der Waals surface area contributed by atoms with E-state index in [0.29, 0.717) is 17.4 Å². The molecule has 1 saturated carbocycles. The summed E-state index contributed by atoms with van der Waals surface area (Å²) in [5, 5.41) is 3.65. The van der Waals surface area contributed by atoms with Gasteiger partial charge in [0.25, 0.3) is 0 Å². The molecule has 2 fully saturated rings. The zero-order valence-corrected chi connectivity index (χ0v) is 11.3. The standard InChI is InChI=1S/C14H17ClN2O2/c15-9-3-1-8(2-4-9)7-11(18)17-13-12(16)10-5-6-19-14(10)13/h1-4,10,12-14H,5-7,16H2,(H,17,18). The van der Waals surface area contributed by atoms with Crippen LogP contribution in [0.3, 0.4) is 0 Å². The first kappa shape index (κ1) is 12.9. The molecule has 4 nitrogen and oxygen atoms in total. The van der Waals surface area contributed by atoms with E-state index in [1.165, 1.54) is 0 Å². The summed E-state index contributed by atoms with van der Waals surface area (Å²) < 4.78 is 5.59. The summed E-state index contributed by atoms with van der Waals surface area (Å²) in [6.07, 6.45) is 1.47. The van der Waals surface area contributed by atoms with Gasteiger partial charge in [-0.05, 0) is 24.1 Å². The number of halogens is 1. The van der Waals surface area contributed by atoms with E-state index < -0.39 is 0 Å². The lowest BCUT2D eigenvalue weighted by atomic mass is 9.72. The van der Waals surface area contributed by atoms with Crippen molar-refractivity contribution in [2.75, 3.05) is 6.61 Å². The maximum atomic E-state index is 12.0. The van der Waals surface area contributed by atoms with Crippen molar-refractivity contribution in [3.05, 3.63) is 34.9 Å². The molecule has 1 amide bonds. The summed E-state index contributed by atoms with van der Waals surface area (Å²) in [4.78, 5) is 12.0. The van der Waals surface area contributed by atoms with Gasteiger partial charge in [0.1, 0.15) is 0 Å². The van der Waals surface area contributed by atoms with Crippen molar-refractivity contribution < 1.29 is 9.53 Å². The molecule has 0 radical (unpaired) electrons. The minimum absolute atomic E-state index is 0.0169. The molecule has 1 aromatic rings. The molecule has 4 unspecified atom stereocenters. The molecule has 3 rings (SSSR count). The number of benzene rings is 1. The van der Waals surface area contributed by atoms with Crippen LogP contribution in [0.2, 0.25) is 5.02 Å². The summed E-state index contributed by atoms with van der Waals surface area (Å²) >= 11 is 5.81. The second-order valence-corrected chi connectivity index (χ2v) is 5.70. The van der Waals surface area contributed by atoms with E-state index in [2.05, 4.69) is 5.32 Å². The van der Waals surface area contributed by atoms with Crippen LogP contribution in [0.15, 0.2) is 24.3 Å². The molecule has 0 spiro atoms. The van der Waals surface area contributed by atoms with Crippen molar-refractivity contribution in [1.82, 2.24) is 5.32 Å². The van der Waals surface area contributed by atoms with Crippen LogP contribution in [0, 0.1) is 5.92 Å². The highest BCUT2D eigenvalue weighted by molar-refractivity contribution is 6.30. The van der Waals surface area contributed by atoms with Crippen molar-refractivity contribution in [3.63, 3.8) is 0 Å². The van der Waals surface area contributed by atoms with Crippen molar-refractivity contribution in [2.24, 2.45) is 11.7 Å². The van der Waals surface area contributed by atoms with Crippen LogP contribution in [0.5, 0.6) is 0 Å². The average Bonchev–Trinajstić information content (AvgIpc) is 2.83. The van der Waals surface area contributed by atoms with Gasteiger partial charge in [-0.25, -0.2) is 0 Å². The normalized spacial score (nSPS) is 32.5. The molecule has 1 saturated heterocycles. The number of fused-ring (bicyclic) bond motifs is 1. The number of hydrogen-bond donors (Lipinski definition) is 2. The first-order chi connectivity index (χ1) is 9.15. The third-order valence-electron chi connectivity index (χ3n) is 4.05. The number of rotatable bonds is 3. The lowest BCUT2D eigenvalue weighted by Gasteiger charge is -2.45. The topological polar surface area (TPSA) is 64.3 Å². The van der Waals surface area contributed by atoms with Gasteiger partial charge in [0.2, 0.25) is 5.91 Å². The van der Waals surface area contributed by atoms with Crippen LogP contribution in [-0.4, -0.2) is 30.7 Å². The van der Waals surface area contributed by atoms with Crippen LogP contribution in [-0.2, 0) is 16.0 Å². The Bertz CT molecular complexity index is 477. The SMILES string of the molecule is NC1C2CCOC2C1NC(=O)Cc1ccc(Cl)cc1. The average molecular weight is 281 g/mol. The summed E-state index contributed by atoms with van der Waals surface area (Å²) in [5.41, 5.74) is 7.00. The Morgan fingerprint density at radius 3 is 2.89 bits per heavy atom. The highest BCUT2D eigenvalue weighted by Crippen LogP contribution is 2.37. The van der Waals surface area contributed by atoms with Crippen LogP contribution >= 0.6 is 11.6 Å². The van der Waals surface area contributed by atoms with Crippen LogP contribution in [0.1, 0.15) is 12.0 Å². The predicted molar refractivity (Wildman–Crippen MR) is 72.9 cm³/mol. The molecule has 1 aliphatic heterocycles. The molecular formula is C14H17ClN2O2. The lowest BCUT2D eigenvalue weighted by Crippen LogP contribution is -2.69. The molecule has 1 aromatic carbocycles. The summed E-state index contributed by atoms with van der Waals surface area (Å²) in [6, 6.07) is 7.29. The van der Waals surface area contributed by atoms with Gasteiger partial charge in [-0.15, -0.1) is 0 Å². The lowest BCUT2D eigenvalue weighted by molar-refractivity contribution is -0.125. The summed E-state index contributed by atoms with van der Waals surface area (Å²) in [6.45, 7) is 0.757. The van der Waals surface area contributed by atoms with Gasteiger partial charge >= 0.3 is 0 Å². The first-order valence-corrected chi connectivity index (χ1v) is 6.94. The fraction of sp³-hybridized carbons (Fsp3) is 0.500. The van der Waals surface area contributed by atoms with Crippen LogP contribution < -0.4 is 11.1 Å². The van der Waals surface area contributed by atoms with Gasteiger partial charge in [0.15, 0.2) is 0 Å². The van der Waals surface area contributed by atoms with Crippen molar-refractivity contribution in [2.45, 2.75) is 31.0 Å². The molecule has 3 N–H and O–H groups in total. The molecule has 1 aliphatic carbocycles. The second kappa shape index (κ2) is 5.12. The number of ether oxygens (including phenoxy) is 1. The largest absolute Gasteiger partial charge is 0.376 e. The Morgan fingerprint density at radius 1 is 1.42 bits per heavy atom. The highest BCUT2D eigenvalue weighted by Gasteiger charge is 2.52. The Balaban J connectivity index is 1.55. The maximum Gasteiger partial charge on any atom is 0.224 e. The van der Waals surface area contributed by atoms with Crippen molar-refractivity contribution >= 4 is 17.5 Å². The molecule has 0 aromatic heterocycles. The highest BCUT2D eigenvalue weighted by atomic mass is 35.5. The quantitative estimate of drug-likeness (QED) is 0.872. The van der Waals surface area contributed by atoms with E-state index in [0.717, 1.165) is 18.6 Å². The predicted octanol–water partition coefficient (Wildman–Crippen LogP) is 1.11. The Hall–Kier alpha value is -1.10. The molecular weight excluding hydrogens is 264 g/mol. The van der Waals surface area contributed by atoms with Gasteiger partial charge < -0.3 is 15.8 Å². The second-order valence-electron chi connectivity index (χ2n) is 5.26. The Kier molecular flexibility index (Phi) is 3.48. The van der Waals surface area contributed by atoms with E-state index >= 15 is 0 Å². The monoisotopic (exact) mass is 280 g/mol. The molecule has 19 heavy (non-hydrogen) atoms. The number of hydrogen-bond acceptors (Lipinski definition) is 3. The third-order valence-corrected chi connectivity index (χ3v) is 4.30. The Morgan fingerprint density at radius 2 is 2.16 bits per heavy atom.